The van der Waals surface area contributed by atoms with E-state index in [1.54, 1.807) is 12.1 Å². The zero-order valence-corrected chi connectivity index (χ0v) is 13.9. The van der Waals surface area contributed by atoms with E-state index < -0.39 is 10.1 Å². The standard InChI is InChI=1S/C18H24O3S.K.H/c1-2-3-4-5-6-9-15-21-22(19,20)18-14-10-12-16-11-7-8-13-17(16)18;;/h7-8,10-14H,2-6,9,15H2,1H3;;. The number of hydrogen-bond acceptors (Lipinski definition) is 3. The van der Waals surface area contributed by atoms with Crippen molar-refractivity contribution in [3.63, 3.8) is 0 Å². The first-order chi connectivity index (χ1) is 10.6. The molecule has 0 bridgehead atoms. The van der Waals surface area contributed by atoms with Crippen LogP contribution in [0.15, 0.2) is 47.4 Å². The fourth-order valence-corrected chi connectivity index (χ4v) is 3.69. The Balaban J connectivity index is 0.00000264. The van der Waals surface area contributed by atoms with Crippen LogP contribution < -0.4 is 0 Å². The van der Waals surface area contributed by atoms with Gasteiger partial charge in [-0.1, -0.05) is 75.4 Å². The van der Waals surface area contributed by atoms with E-state index in [9.17, 15) is 8.42 Å². The molecule has 0 aromatic heterocycles. The molecule has 0 heterocycles. The van der Waals surface area contributed by atoms with Crippen LogP contribution >= 0.6 is 0 Å². The van der Waals surface area contributed by atoms with Gasteiger partial charge >= 0.3 is 51.4 Å². The molecule has 3 nitrogen and oxygen atoms in total. The first-order valence-corrected chi connectivity index (χ1v) is 9.43. The van der Waals surface area contributed by atoms with Crippen molar-refractivity contribution in [2.75, 3.05) is 6.61 Å². The summed E-state index contributed by atoms with van der Waals surface area (Å²) in [7, 11) is -3.68. The third-order valence-electron chi connectivity index (χ3n) is 3.76. The Bertz CT molecular complexity index is 693. The third kappa shape index (κ3) is 6.57. The van der Waals surface area contributed by atoms with Crippen molar-refractivity contribution in [2.45, 2.75) is 50.3 Å². The maximum atomic E-state index is 12.4. The van der Waals surface area contributed by atoms with Gasteiger partial charge in [-0.3, -0.25) is 4.18 Å². The molecule has 122 valence electrons. The molecule has 0 spiro atoms. The summed E-state index contributed by atoms with van der Waals surface area (Å²) in [6.07, 6.45) is 6.62. The SMILES string of the molecule is CCCCCCCCOS(=O)(=O)c1cccc2ccccc12.[KH]. The molecule has 0 fully saturated rings. The molecule has 2 aromatic rings. The molecule has 2 aromatic carbocycles. The van der Waals surface area contributed by atoms with E-state index >= 15 is 0 Å². The number of benzene rings is 2. The Morgan fingerprint density at radius 2 is 1.52 bits per heavy atom. The number of rotatable bonds is 9. The topological polar surface area (TPSA) is 43.4 Å². The Labute approximate surface area is 182 Å². The minimum atomic E-state index is -3.68. The summed E-state index contributed by atoms with van der Waals surface area (Å²) in [6, 6.07) is 12.7. The van der Waals surface area contributed by atoms with E-state index in [2.05, 4.69) is 6.92 Å². The van der Waals surface area contributed by atoms with Gasteiger partial charge in [0.05, 0.1) is 6.61 Å². The summed E-state index contributed by atoms with van der Waals surface area (Å²) in [6.45, 7) is 2.44. The van der Waals surface area contributed by atoms with Crippen molar-refractivity contribution in [1.29, 1.82) is 0 Å². The molecule has 0 aliphatic rings. The van der Waals surface area contributed by atoms with Crippen LogP contribution in [0.2, 0.25) is 0 Å². The molecular formula is C18H25KO3S. The van der Waals surface area contributed by atoms with E-state index in [1.165, 1.54) is 19.3 Å². The summed E-state index contributed by atoms with van der Waals surface area (Å²) in [5, 5.41) is 1.62. The van der Waals surface area contributed by atoms with Gasteiger partial charge in [0, 0.05) is 5.39 Å². The first-order valence-electron chi connectivity index (χ1n) is 8.02. The summed E-state index contributed by atoms with van der Waals surface area (Å²) < 4.78 is 29.9. The number of unbranched alkanes of at least 4 members (excludes halogenated alkanes) is 5. The Hall–Kier alpha value is 0.246. The van der Waals surface area contributed by atoms with Gasteiger partial charge in [-0.15, -0.1) is 0 Å². The zero-order chi connectivity index (χ0) is 15.8. The summed E-state index contributed by atoms with van der Waals surface area (Å²) >= 11 is 0. The molecule has 0 saturated carbocycles. The molecule has 0 aliphatic heterocycles. The average molecular weight is 361 g/mol. The van der Waals surface area contributed by atoms with Crippen molar-refractivity contribution >= 4 is 72.3 Å². The molecule has 0 unspecified atom stereocenters. The predicted molar refractivity (Wildman–Crippen MR) is 97.6 cm³/mol. The summed E-state index contributed by atoms with van der Waals surface area (Å²) in [5.41, 5.74) is 0. The van der Waals surface area contributed by atoms with Crippen LogP contribution in [-0.2, 0) is 14.3 Å². The van der Waals surface area contributed by atoms with Crippen LogP contribution in [0.5, 0.6) is 0 Å². The van der Waals surface area contributed by atoms with E-state index in [0.717, 1.165) is 24.6 Å². The van der Waals surface area contributed by atoms with Gasteiger partial charge in [0.25, 0.3) is 10.1 Å². The van der Waals surface area contributed by atoms with E-state index in [4.69, 9.17) is 4.18 Å². The van der Waals surface area contributed by atoms with Crippen LogP contribution in [0.25, 0.3) is 10.8 Å². The van der Waals surface area contributed by atoms with Gasteiger partial charge < -0.3 is 0 Å². The molecule has 0 N–H and O–H groups in total. The second kappa shape index (κ2) is 11.0. The molecule has 23 heavy (non-hydrogen) atoms. The normalized spacial score (nSPS) is 11.3. The third-order valence-corrected chi connectivity index (χ3v) is 5.13. The van der Waals surface area contributed by atoms with Gasteiger partial charge in [0.1, 0.15) is 4.90 Å². The van der Waals surface area contributed by atoms with Crippen LogP contribution in [0.4, 0.5) is 0 Å². The van der Waals surface area contributed by atoms with Crippen LogP contribution in [-0.4, -0.2) is 66.4 Å². The number of fused-ring (bicyclic) bond motifs is 1. The molecule has 0 saturated heterocycles. The van der Waals surface area contributed by atoms with Crippen molar-refractivity contribution in [2.24, 2.45) is 0 Å². The Kier molecular flexibility index (Phi) is 10.2. The summed E-state index contributed by atoms with van der Waals surface area (Å²) in [5.74, 6) is 0. The van der Waals surface area contributed by atoms with E-state index in [0.29, 0.717) is 5.39 Å². The fourth-order valence-electron chi connectivity index (χ4n) is 2.53. The maximum absolute atomic E-state index is 12.4. The molecule has 0 radical (unpaired) electrons. The van der Waals surface area contributed by atoms with Gasteiger partial charge in [-0.2, -0.15) is 8.42 Å². The molecule has 0 aliphatic carbocycles. The van der Waals surface area contributed by atoms with Crippen molar-refractivity contribution in [3.8, 4) is 0 Å². The second-order valence-electron chi connectivity index (χ2n) is 5.52. The molecular weight excluding hydrogens is 335 g/mol. The zero-order valence-electron chi connectivity index (χ0n) is 13.1. The van der Waals surface area contributed by atoms with Crippen LogP contribution in [0.1, 0.15) is 45.4 Å². The molecule has 0 atom stereocenters. The minimum absolute atomic E-state index is 0. The average Bonchev–Trinajstić information content (AvgIpc) is 2.53. The first kappa shape index (κ1) is 21.3. The molecule has 5 heteroatoms. The van der Waals surface area contributed by atoms with Crippen LogP contribution in [0, 0.1) is 0 Å². The fraction of sp³-hybridized carbons (Fsp3) is 0.444. The van der Waals surface area contributed by atoms with Crippen molar-refractivity contribution < 1.29 is 12.6 Å². The monoisotopic (exact) mass is 360 g/mol. The molecule has 2 rings (SSSR count). The Morgan fingerprint density at radius 1 is 0.870 bits per heavy atom. The number of hydrogen-bond donors (Lipinski definition) is 0. The Morgan fingerprint density at radius 3 is 2.30 bits per heavy atom. The van der Waals surface area contributed by atoms with Crippen LogP contribution in [0.3, 0.4) is 0 Å². The quantitative estimate of drug-likeness (QED) is 0.381. The van der Waals surface area contributed by atoms with Gasteiger partial charge in [-0.05, 0) is 17.9 Å². The van der Waals surface area contributed by atoms with Gasteiger partial charge in [-0.25, -0.2) is 0 Å². The molecule has 0 amide bonds. The van der Waals surface area contributed by atoms with Crippen molar-refractivity contribution in [3.05, 3.63) is 42.5 Å². The van der Waals surface area contributed by atoms with E-state index in [1.807, 2.05) is 30.3 Å². The second-order valence-corrected chi connectivity index (χ2v) is 7.10. The van der Waals surface area contributed by atoms with Crippen molar-refractivity contribution in [1.82, 2.24) is 0 Å². The summed E-state index contributed by atoms with van der Waals surface area (Å²) in [4.78, 5) is 0.261. The van der Waals surface area contributed by atoms with Gasteiger partial charge in [0.2, 0.25) is 0 Å². The van der Waals surface area contributed by atoms with Gasteiger partial charge in [0.15, 0.2) is 0 Å². The predicted octanol–water partition coefficient (Wildman–Crippen LogP) is 4.26. The van der Waals surface area contributed by atoms with E-state index in [-0.39, 0.29) is 62.9 Å².